The predicted molar refractivity (Wildman–Crippen MR) is 144 cm³/mol. The standard InChI is InChI=1S/C27H31N9O3/c1-17-22(8-20(10-28-17)30-24(37)13-34-15-27(2,3)16-34)31-26(38)25-23-5-4-18(11-36(23)33-32-25)19-9-29-35(12-19)21-6-7-39-14-21/h4-5,8-12,21H,6-7,13-16H2,1-3H3,(H,30,37)(H,31,38). The summed E-state index contributed by atoms with van der Waals surface area (Å²) in [7, 11) is 0. The molecule has 2 aliphatic rings. The maximum absolute atomic E-state index is 13.2. The number of pyridine rings is 2. The Morgan fingerprint density at radius 3 is 2.74 bits per heavy atom. The normalized spacial score (nSPS) is 18.7. The van der Waals surface area contributed by atoms with Crippen LogP contribution < -0.4 is 10.6 Å². The van der Waals surface area contributed by atoms with Gasteiger partial charge in [0.15, 0.2) is 5.69 Å². The molecule has 39 heavy (non-hydrogen) atoms. The van der Waals surface area contributed by atoms with Gasteiger partial charge in [-0.3, -0.25) is 24.2 Å². The van der Waals surface area contributed by atoms with Crippen LogP contribution in [0.5, 0.6) is 0 Å². The zero-order chi connectivity index (χ0) is 27.1. The van der Waals surface area contributed by atoms with Gasteiger partial charge >= 0.3 is 0 Å². The highest BCUT2D eigenvalue weighted by atomic mass is 16.5. The molecule has 12 nitrogen and oxygen atoms in total. The van der Waals surface area contributed by atoms with E-state index in [1.54, 1.807) is 23.7 Å². The van der Waals surface area contributed by atoms with Crippen LogP contribution in [0.4, 0.5) is 11.4 Å². The van der Waals surface area contributed by atoms with Crippen molar-refractivity contribution < 1.29 is 14.3 Å². The van der Waals surface area contributed by atoms with Crippen molar-refractivity contribution in [2.75, 3.05) is 43.5 Å². The number of hydrogen-bond acceptors (Lipinski definition) is 8. The molecule has 2 saturated heterocycles. The predicted octanol–water partition coefficient (Wildman–Crippen LogP) is 2.79. The fourth-order valence-corrected chi connectivity index (χ4v) is 5.23. The Bertz CT molecular complexity index is 1540. The molecule has 202 valence electrons. The number of nitrogens with zero attached hydrogens (tertiary/aromatic N) is 7. The van der Waals surface area contributed by atoms with Gasteiger partial charge in [0.05, 0.1) is 54.2 Å². The summed E-state index contributed by atoms with van der Waals surface area (Å²) in [6, 6.07) is 5.69. The van der Waals surface area contributed by atoms with Gasteiger partial charge in [-0.15, -0.1) is 5.10 Å². The summed E-state index contributed by atoms with van der Waals surface area (Å²) in [5, 5.41) is 18.5. The van der Waals surface area contributed by atoms with Crippen molar-refractivity contribution in [3.63, 3.8) is 0 Å². The van der Waals surface area contributed by atoms with Gasteiger partial charge in [0, 0.05) is 43.2 Å². The largest absolute Gasteiger partial charge is 0.379 e. The molecule has 1 atom stereocenters. The Hall–Kier alpha value is -4.16. The van der Waals surface area contributed by atoms with Crippen LogP contribution in [0, 0.1) is 12.3 Å². The van der Waals surface area contributed by atoms with Crippen LogP contribution in [0.2, 0.25) is 0 Å². The van der Waals surface area contributed by atoms with Crippen molar-refractivity contribution in [3.05, 3.63) is 54.4 Å². The number of aromatic nitrogens is 6. The molecule has 2 N–H and O–H groups in total. The molecule has 0 spiro atoms. The molecule has 0 aromatic carbocycles. The van der Waals surface area contributed by atoms with E-state index in [1.165, 1.54) is 0 Å². The van der Waals surface area contributed by atoms with Crippen molar-refractivity contribution in [3.8, 4) is 11.1 Å². The maximum atomic E-state index is 13.2. The monoisotopic (exact) mass is 529 g/mol. The zero-order valence-corrected chi connectivity index (χ0v) is 22.2. The third-order valence-electron chi connectivity index (χ3n) is 7.13. The van der Waals surface area contributed by atoms with E-state index in [0.29, 0.717) is 35.7 Å². The van der Waals surface area contributed by atoms with E-state index in [4.69, 9.17) is 4.74 Å². The second-order valence-electron chi connectivity index (χ2n) is 11.1. The van der Waals surface area contributed by atoms with E-state index < -0.39 is 5.91 Å². The van der Waals surface area contributed by atoms with Crippen molar-refractivity contribution in [1.29, 1.82) is 0 Å². The number of carbonyl (C=O) groups is 2. The van der Waals surface area contributed by atoms with Crippen LogP contribution >= 0.6 is 0 Å². The van der Waals surface area contributed by atoms with Crippen LogP contribution in [0.25, 0.3) is 16.6 Å². The summed E-state index contributed by atoms with van der Waals surface area (Å²) < 4.78 is 8.98. The van der Waals surface area contributed by atoms with Crippen LogP contribution in [0.15, 0.2) is 43.0 Å². The van der Waals surface area contributed by atoms with Gasteiger partial charge in [-0.2, -0.15) is 5.10 Å². The lowest BCUT2D eigenvalue weighted by Gasteiger charge is -2.45. The first-order chi connectivity index (χ1) is 18.7. The lowest BCUT2D eigenvalue weighted by Crippen LogP contribution is -2.54. The summed E-state index contributed by atoms with van der Waals surface area (Å²) in [6.45, 7) is 9.68. The van der Waals surface area contributed by atoms with Gasteiger partial charge in [0.1, 0.15) is 0 Å². The van der Waals surface area contributed by atoms with Crippen LogP contribution in [-0.2, 0) is 9.53 Å². The molecule has 0 radical (unpaired) electrons. The molecule has 2 amide bonds. The Labute approximate surface area is 225 Å². The smallest absolute Gasteiger partial charge is 0.278 e. The van der Waals surface area contributed by atoms with Gasteiger partial charge in [0.25, 0.3) is 5.91 Å². The van der Waals surface area contributed by atoms with Gasteiger partial charge in [-0.25, -0.2) is 4.52 Å². The number of fused-ring (bicyclic) bond motifs is 1. The molecular formula is C27H31N9O3. The number of carbonyl (C=O) groups excluding carboxylic acids is 2. The highest BCUT2D eigenvalue weighted by molar-refractivity contribution is 6.08. The average Bonchev–Trinajstić information content (AvgIpc) is 3.64. The first-order valence-electron chi connectivity index (χ1n) is 13.0. The highest BCUT2D eigenvalue weighted by Crippen LogP contribution is 2.28. The average molecular weight is 530 g/mol. The molecule has 0 aliphatic carbocycles. The lowest BCUT2D eigenvalue weighted by atomic mass is 9.84. The second-order valence-corrected chi connectivity index (χ2v) is 11.1. The Kier molecular flexibility index (Phi) is 6.35. The van der Waals surface area contributed by atoms with E-state index in [9.17, 15) is 9.59 Å². The van der Waals surface area contributed by atoms with Crippen molar-refractivity contribution in [2.24, 2.45) is 5.41 Å². The minimum Gasteiger partial charge on any atom is -0.379 e. The van der Waals surface area contributed by atoms with Gasteiger partial charge in [-0.1, -0.05) is 25.1 Å². The van der Waals surface area contributed by atoms with Crippen LogP contribution in [0.1, 0.15) is 42.5 Å². The summed E-state index contributed by atoms with van der Waals surface area (Å²) in [5.41, 5.74) is 4.50. The zero-order valence-electron chi connectivity index (χ0n) is 22.2. The van der Waals surface area contributed by atoms with Gasteiger partial charge in [-0.05, 0) is 30.9 Å². The second kappa shape index (κ2) is 9.86. The molecule has 4 aromatic heterocycles. The SMILES string of the molecule is Cc1ncc(NC(=O)CN2CC(C)(C)C2)cc1NC(=O)c1nnn2cc(-c3cnn(C4CCOC4)c3)ccc12. The third kappa shape index (κ3) is 5.25. The molecule has 6 rings (SSSR count). The Morgan fingerprint density at radius 1 is 1.13 bits per heavy atom. The lowest BCUT2D eigenvalue weighted by molar-refractivity contribution is -0.120. The van der Waals surface area contributed by atoms with Gasteiger partial charge < -0.3 is 15.4 Å². The quantitative estimate of drug-likeness (QED) is 0.374. The number of hydrogen-bond donors (Lipinski definition) is 2. The summed E-state index contributed by atoms with van der Waals surface area (Å²) in [6.07, 6.45) is 8.17. The van der Waals surface area contributed by atoms with E-state index in [0.717, 1.165) is 37.2 Å². The van der Waals surface area contributed by atoms with Crippen molar-refractivity contribution >= 4 is 28.7 Å². The summed E-state index contributed by atoms with van der Waals surface area (Å²) in [5.74, 6) is -0.529. The molecule has 0 saturated carbocycles. The molecular weight excluding hydrogens is 498 g/mol. The van der Waals surface area contributed by atoms with Gasteiger partial charge in [0.2, 0.25) is 5.91 Å². The molecule has 12 heteroatoms. The van der Waals surface area contributed by atoms with E-state index in [1.807, 2.05) is 35.4 Å². The van der Waals surface area contributed by atoms with E-state index >= 15 is 0 Å². The Morgan fingerprint density at radius 2 is 1.97 bits per heavy atom. The maximum Gasteiger partial charge on any atom is 0.278 e. The summed E-state index contributed by atoms with van der Waals surface area (Å²) >= 11 is 0. The van der Waals surface area contributed by atoms with E-state index in [-0.39, 0.29) is 23.1 Å². The highest BCUT2D eigenvalue weighted by Gasteiger charge is 2.34. The van der Waals surface area contributed by atoms with Crippen molar-refractivity contribution in [2.45, 2.75) is 33.2 Å². The molecule has 1 unspecified atom stereocenters. The number of likely N-dealkylation sites (tertiary alicyclic amines) is 1. The fourth-order valence-electron chi connectivity index (χ4n) is 5.23. The number of aryl methyl sites for hydroxylation is 1. The Balaban J connectivity index is 1.14. The van der Waals surface area contributed by atoms with E-state index in [2.05, 4.69) is 49.8 Å². The first-order valence-corrected chi connectivity index (χ1v) is 13.0. The number of anilines is 2. The van der Waals surface area contributed by atoms with Crippen molar-refractivity contribution in [1.82, 2.24) is 34.5 Å². The number of ether oxygens (including phenoxy) is 1. The molecule has 2 fully saturated rings. The molecule has 6 heterocycles. The molecule has 0 bridgehead atoms. The topological polar surface area (TPSA) is 132 Å². The molecule has 2 aliphatic heterocycles. The third-order valence-corrected chi connectivity index (χ3v) is 7.13. The number of nitrogens with one attached hydrogen (secondary N) is 2. The van der Waals surface area contributed by atoms with Crippen LogP contribution in [0.3, 0.4) is 0 Å². The van der Waals surface area contributed by atoms with Crippen LogP contribution in [-0.4, -0.2) is 79.2 Å². The summed E-state index contributed by atoms with van der Waals surface area (Å²) in [4.78, 5) is 32.1. The first kappa shape index (κ1) is 25.1. The molecule has 4 aromatic rings. The number of amides is 2. The minimum absolute atomic E-state index is 0.115. The number of rotatable bonds is 7. The fraction of sp³-hybridized carbons (Fsp3) is 0.407. The minimum atomic E-state index is -0.414.